The van der Waals surface area contributed by atoms with Gasteiger partial charge in [0.1, 0.15) is 6.61 Å². The van der Waals surface area contributed by atoms with Crippen LogP contribution in [0.1, 0.15) is 5.56 Å². The standard InChI is InChI=1S/C8H12N2O3/c9-8(11)13-4-2-10-5-7-1-3-12-6-7/h1,3,6,10H,2,4-5H2,(H2,9,11). The third-order valence-corrected chi connectivity index (χ3v) is 1.43. The Balaban J connectivity index is 1.99. The van der Waals surface area contributed by atoms with Crippen molar-refractivity contribution in [3.8, 4) is 0 Å². The number of furan rings is 1. The van der Waals surface area contributed by atoms with E-state index in [9.17, 15) is 4.79 Å². The Labute approximate surface area is 75.9 Å². The zero-order valence-corrected chi connectivity index (χ0v) is 7.16. The highest BCUT2D eigenvalue weighted by atomic mass is 16.5. The highest BCUT2D eigenvalue weighted by Crippen LogP contribution is 1.97. The Bertz CT molecular complexity index is 246. The van der Waals surface area contributed by atoms with E-state index >= 15 is 0 Å². The van der Waals surface area contributed by atoms with Gasteiger partial charge in [0.15, 0.2) is 0 Å². The first-order chi connectivity index (χ1) is 6.29. The molecule has 72 valence electrons. The molecule has 3 N–H and O–H groups in total. The summed E-state index contributed by atoms with van der Waals surface area (Å²) in [6.45, 7) is 1.56. The van der Waals surface area contributed by atoms with Crippen LogP contribution in [0.25, 0.3) is 0 Å². The zero-order valence-electron chi connectivity index (χ0n) is 7.16. The first-order valence-corrected chi connectivity index (χ1v) is 3.93. The van der Waals surface area contributed by atoms with Gasteiger partial charge in [0.05, 0.1) is 12.5 Å². The molecule has 0 radical (unpaired) electrons. The lowest BCUT2D eigenvalue weighted by Crippen LogP contribution is -2.23. The predicted molar refractivity (Wildman–Crippen MR) is 46.0 cm³/mol. The lowest BCUT2D eigenvalue weighted by molar-refractivity contribution is 0.157. The van der Waals surface area contributed by atoms with E-state index in [4.69, 9.17) is 10.2 Å². The number of primary amides is 1. The molecular weight excluding hydrogens is 172 g/mol. The van der Waals surface area contributed by atoms with Gasteiger partial charge in [-0.05, 0) is 6.07 Å². The van der Waals surface area contributed by atoms with Gasteiger partial charge in [-0.15, -0.1) is 0 Å². The van der Waals surface area contributed by atoms with Crippen molar-refractivity contribution in [2.75, 3.05) is 13.2 Å². The smallest absolute Gasteiger partial charge is 0.404 e. The molecule has 0 saturated carbocycles. The summed E-state index contributed by atoms with van der Waals surface area (Å²) in [7, 11) is 0. The van der Waals surface area contributed by atoms with Crippen LogP contribution in [0.4, 0.5) is 4.79 Å². The van der Waals surface area contributed by atoms with E-state index in [1.807, 2.05) is 6.07 Å². The topological polar surface area (TPSA) is 77.5 Å². The number of carbonyl (C=O) groups is 1. The Morgan fingerprint density at radius 2 is 2.54 bits per heavy atom. The molecule has 1 aromatic rings. The monoisotopic (exact) mass is 184 g/mol. The van der Waals surface area contributed by atoms with Gasteiger partial charge < -0.3 is 20.2 Å². The molecule has 0 bridgehead atoms. The molecule has 0 aliphatic heterocycles. The van der Waals surface area contributed by atoms with Crippen LogP contribution in [0, 0.1) is 0 Å². The normalized spacial score (nSPS) is 9.85. The number of amides is 1. The lowest BCUT2D eigenvalue weighted by atomic mass is 10.3. The molecule has 1 heterocycles. The quantitative estimate of drug-likeness (QED) is 0.652. The fourth-order valence-electron chi connectivity index (χ4n) is 0.850. The molecule has 5 nitrogen and oxygen atoms in total. The molecule has 13 heavy (non-hydrogen) atoms. The third kappa shape index (κ3) is 4.17. The summed E-state index contributed by atoms with van der Waals surface area (Å²) in [5.41, 5.74) is 5.82. The average Bonchev–Trinajstić information content (AvgIpc) is 2.55. The number of rotatable bonds is 5. The van der Waals surface area contributed by atoms with Crippen molar-refractivity contribution >= 4 is 6.09 Å². The van der Waals surface area contributed by atoms with Gasteiger partial charge in [0, 0.05) is 18.7 Å². The Hall–Kier alpha value is -1.49. The second-order valence-electron chi connectivity index (χ2n) is 2.48. The Kier molecular flexibility index (Phi) is 3.84. The van der Waals surface area contributed by atoms with Crippen LogP contribution in [0.2, 0.25) is 0 Å². The van der Waals surface area contributed by atoms with Gasteiger partial charge >= 0.3 is 6.09 Å². The highest BCUT2D eigenvalue weighted by Gasteiger charge is 1.94. The van der Waals surface area contributed by atoms with Crippen molar-refractivity contribution in [1.29, 1.82) is 0 Å². The lowest BCUT2D eigenvalue weighted by Gasteiger charge is -2.02. The van der Waals surface area contributed by atoms with Crippen LogP contribution in [0.5, 0.6) is 0 Å². The maximum absolute atomic E-state index is 10.1. The maximum Gasteiger partial charge on any atom is 0.404 e. The highest BCUT2D eigenvalue weighted by molar-refractivity contribution is 5.64. The van der Waals surface area contributed by atoms with Crippen LogP contribution in [-0.2, 0) is 11.3 Å². The Morgan fingerprint density at radius 1 is 1.69 bits per heavy atom. The Morgan fingerprint density at radius 3 is 3.15 bits per heavy atom. The van der Waals surface area contributed by atoms with Crippen molar-refractivity contribution in [3.05, 3.63) is 24.2 Å². The molecule has 5 heteroatoms. The largest absolute Gasteiger partial charge is 0.472 e. The summed E-state index contributed by atoms with van der Waals surface area (Å²) >= 11 is 0. The minimum absolute atomic E-state index is 0.285. The molecule has 0 spiro atoms. The molecule has 1 rings (SSSR count). The van der Waals surface area contributed by atoms with Gasteiger partial charge in [-0.3, -0.25) is 0 Å². The molecule has 0 saturated heterocycles. The molecule has 0 aliphatic carbocycles. The summed E-state index contributed by atoms with van der Waals surface area (Å²) in [5, 5.41) is 3.05. The molecule has 0 unspecified atom stereocenters. The first kappa shape index (κ1) is 9.60. The molecule has 0 atom stereocenters. The number of nitrogens with one attached hydrogen (secondary N) is 1. The van der Waals surface area contributed by atoms with Crippen molar-refractivity contribution in [3.63, 3.8) is 0 Å². The van der Waals surface area contributed by atoms with Crippen LogP contribution in [0.3, 0.4) is 0 Å². The van der Waals surface area contributed by atoms with Gasteiger partial charge in [0.2, 0.25) is 0 Å². The van der Waals surface area contributed by atoms with Crippen molar-refractivity contribution in [1.82, 2.24) is 5.32 Å². The molecule has 1 amide bonds. The number of ether oxygens (including phenoxy) is 1. The number of hydrogen-bond donors (Lipinski definition) is 2. The van der Waals surface area contributed by atoms with Crippen LogP contribution >= 0.6 is 0 Å². The minimum atomic E-state index is -0.745. The van der Waals surface area contributed by atoms with Gasteiger partial charge in [0.25, 0.3) is 0 Å². The first-order valence-electron chi connectivity index (χ1n) is 3.93. The van der Waals surface area contributed by atoms with Crippen LogP contribution in [0.15, 0.2) is 23.0 Å². The van der Waals surface area contributed by atoms with Gasteiger partial charge in [-0.25, -0.2) is 4.79 Å². The summed E-state index contributed by atoms with van der Waals surface area (Å²) in [4.78, 5) is 10.1. The number of nitrogens with two attached hydrogens (primary N) is 1. The van der Waals surface area contributed by atoms with E-state index in [1.165, 1.54) is 0 Å². The van der Waals surface area contributed by atoms with Crippen LogP contribution < -0.4 is 11.1 Å². The number of carbonyl (C=O) groups excluding carboxylic acids is 1. The summed E-state index contributed by atoms with van der Waals surface area (Å²) < 4.78 is 9.38. The minimum Gasteiger partial charge on any atom is -0.472 e. The molecule has 1 aromatic heterocycles. The predicted octanol–water partition coefficient (Wildman–Crippen LogP) is 0.464. The summed E-state index contributed by atoms with van der Waals surface area (Å²) in [6, 6.07) is 1.86. The van der Waals surface area contributed by atoms with E-state index in [1.54, 1.807) is 12.5 Å². The SMILES string of the molecule is NC(=O)OCCNCc1ccoc1. The van der Waals surface area contributed by atoms with Crippen molar-refractivity contribution in [2.24, 2.45) is 5.73 Å². The molecule has 0 aliphatic rings. The zero-order chi connectivity index (χ0) is 9.52. The molecule has 0 fully saturated rings. The molecular formula is C8H12N2O3. The van der Waals surface area contributed by atoms with E-state index in [0.29, 0.717) is 13.1 Å². The fraction of sp³-hybridized carbons (Fsp3) is 0.375. The molecule has 0 aromatic carbocycles. The third-order valence-electron chi connectivity index (χ3n) is 1.43. The van der Waals surface area contributed by atoms with Gasteiger partial charge in [-0.1, -0.05) is 0 Å². The van der Waals surface area contributed by atoms with Crippen molar-refractivity contribution in [2.45, 2.75) is 6.54 Å². The second kappa shape index (κ2) is 5.21. The van der Waals surface area contributed by atoms with E-state index in [-0.39, 0.29) is 6.61 Å². The summed E-state index contributed by atoms with van der Waals surface area (Å²) in [6.07, 6.45) is 2.52. The van der Waals surface area contributed by atoms with E-state index in [2.05, 4.69) is 10.1 Å². The van der Waals surface area contributed by atoms with Crippen LogP contribution in [-0.4, -0.2) is 19.2 Å². The average molecular weight is 184 g/mol. The fourth-order valence-corrected chi connectivity index (χ4v) is 0.850. The number of hydrogen-bond acceptors (Lipinski definition) is 4. The summed E-state index contributed by atoms with van der Waals surface area (Å²) in [5.74, 6) is 0. The van der Waals surface area contributed by atoms with Gasteiger partial charge in [-0.2, -0.15) is 0 Å². The van der Waals surface area contributed by atoms with E-state index < -0.39 is 6.09 Å². The second-order valence-corrected chi connectivity index (χ2v) is 2.48. The van der Waals surface area contributed by atoms with Crippen molar-refractivity contribution < 1.29 is 13.9 Å². The maximum atomic E-state index is 10.1. The van der Waals surface area contributed by atoms with E-state index in [0.717, 1.165) is 5.56 Å².